The van der Waals surface area contributed by atoms with Crippen molar-refractivity contribution in [2.45, 2.75) is 19.3 Å². The molecule has 2 aromatic heterocycles. The second-order valence-electron chi connectivity index (χ2n) is 4.87. The van der Waals surface area contributed by atoms with E-state index in [0.29, 0.717) is 18.0 Å². The lowest BCUT2D eigenvalue weighted by Gasteiger charge is -2.09. The van der Waals surface area contributed by atoms with E-state index in [-0.39, 0.29) is 5.91 Å². The monoisotopic (exact) mass is 268 g/mol. The number of rotatable bonds is 4. The summed E-state index contributed by atoms with van der Waals surface area (Å²) >= 11 is 0. The molecule has 2 aromatic rings. The zero-order valence-electron chi connectivity index (χ0n) is 11.1. The topological polar surface area (TPSA) is 59.8 Å². The number of aromatic nitrogens is 3. The molecule has 1 aliphatic rings. The minimum absolute atomic E-state index is 0.0372. The summed E-state index contributed by atoms with van der Waals surface area (Å²) in [5.41, 5.74) is 0.716. The van der Waals surface area contributed by atoms with Gasteiger partial charge in [-0.25, -0.2) is 9.67 Å². The third-order valence-corrected chi connectivity index (χ3v) is 3.33. The first-order valence-electron chi connectivity index (χ1n) is 6.74. The quantitative estimate of drug-likeness (QED) is 0.867. The molecule has 1 atom stereocenters. The Labute approximate surface area is 117 Å². The third kappa shape index (κ3) is 2.93. The number of carbonyl (C=O) groups is 1. The van der Waals surface area contributed by atoms with Crippen molar-refractivity contribution in [1.29, 1.82) is 0 Å². The first-order chi connectivity index (χ1) is 9.81. The van der Waals surface area contributed by atoms with Gasteiger partial charge < -0.3 is 5.32 Å². The summed E-state index contributed by atoms with van der Waals surface area (Å²) in [4.78, 5) is 16.2. The summed E-state index contributed by atoms with van der Waals surface area (Å²) in [6, 6.07) is 5.51. The predicted molar refractivity (Wildman–Crippen MR) is 76.5 cm³/mol. The highest BCUT2D eigenvalue weighted by Crippen LogP contribution is 2.21. The molecule has 2 heterocycles. The Kier molecular flexibility index (Phi) is 3.58. The maximum absolute atomic E-state index is 11.9. The van der Waals surface area contributed by atoms with Gasteiger partial charge in [0.1, 0.15) is 0 Å². The van der Waals surface area contributed by atoms with Crippen LogP contribution in [0, 0.1) is 5.92 Å². The van der Waals surface area contributed by atoms with E-state index in [9.17, 15) is 4.79 Å². The lowest BCUT2D eigenvalue weighted by atomic mass is 10.1. The van der Waals surface area contributed by atoms with E-state index in [2.05, 4.69) is 27.6 Å². The van der Waals surface area contributed by atoms with E-state index in [4.69, 9.17) is 0 Å². The Morgan fingerprint density at radius 3 is 3.05 bits per heavy atom. The molecular formula is C15H16N4O. The molecule has 1 N–H and O–H groups in total. The van der Waals surface area contributed by atoms with Crippen molar-refractivity contribution in [3.8, 4) is 5.82 Å². The van der Waals surface area contributed by atoms with Crippen LogP contribution >= 0.6 is 0 Å². The Hall–Kier alpha value is -2.43. The minimum Gasteiger partial charge on any atom is -0.325 e. The van der Waals surface area contributed by atoms with Crippen molar-refractivity contribution in [2.24, 2.45) is 5.92 Å². The molecule has 0 spiro atoms. The van der Waals surface area contributed by atoms with Gasteiger partial charge in [-0.1, -0.05) is 12.2 Å². The lowest BCUT2D eigenvalue weighted by Crippen LogP contribution is -2.15. The van der Waals surface area contributed by atoms with E-state index in [1.54, 1.807) is 17.1 Å². The van der Waals surface area contributed by atoms with Gasteiger partial charge in [-0.2, -0.15) is 5.10 Å². The standard InChI is InChI=1S/C15H16N4O/c20-15(10-12-4-1-2-5-12)18-13-6-7-14(16-11-13)19-9-3-8-17-19/h1,3-4,6-9,11-12H,2,5,10H2,(H,18,20). The summed E-state index contributed by atoms with van der Waals surface area (Å²) in [7, 11) is 0. The number of allylic oxidation sites excluding steroid dienone is 2. The van der Waals surface area contributed by atoms with Gasteiger partial charge in [0.25, 0.3) is 0 Å². The van der Waals surface area contributed by atoms with Crippen molar-refractivity contribution >= 4 is 11.6 Å². The normalized spacial score (nSPS) is 17.3. The average molecular weight is 268 g/mol. The van der Waals surface area contributed by atoms with Gasteiger partial charge in [0.15, 0.2) is 5.82 Å². The molecule has 0 saturated carbocycles. The van der Waals surface area contributed by atoms with Crippen molar-refractivity contribution in [3.63, 3.8) is 0 Å². The van der Waals surface area contributed by atoms with Crippen LogP contribution in [0.25, 0.3) is 5.82 Å². The van der Waals surface area contributed by atoms with Crippen LogP contribution in [0.15, 0.2) is 48.9 Å². The molecule has 0 saturated heterocycles. The van der Waals surface area contributed by atoms with Gasteiger partial charge in [0.05, 0.1) is 11.9 Å². The molecule has 1 aliphatic carbocycles. The van der Waals surface area contributed by atoms with Crippen LogP contribution < -0.4 is 5.32 Å². The van der Waals surface area contributed by atoms with E-state index in [0.717, 1.165) is 18.7 Å². The molecule has 1 unspecified atom stereocenters. The molecular weight excluding hydrogens is 252 g/mol. The zero-order chi connectivity index (χ0) is 13.8. The number of carbonyl (C=O) groups excluding carboxylic acids is 1. The van der Waals surface area contributed by atoms with Crippen molar-refractivity contribution < 1.29 is 4.79 Å². The fourth-order valence-corrected chi connectivity index (χ4v) is 2.32. The first-order valence-corrected chi connectivity index (χ1v) is 6.74. The summed E-state index contributed by atoms with van der Waals surface area (Å²) in [6.45, 7) is 0. The van der Waals surface area contributed by atoms with Crippen LogP contribution in [0.2, 0.25) is 0 Å². The van der Waals surface area contributed by atoms with E-state index < -0.39 is 0 Å². The number of nitrogens with zero attached hydrogens (tertiary/aromatic N) is 3. The average Bonchev–Trinajstić information content (AvgIpc) is 3.12. The van der Waals surface area contributed by atoms with Crippen LogP contribution in [0.1, 0.15) is 19.3 Å². The summed E-state index contributed by atoms with van der Waals surface area (Å²) < 4.78 is 1.68. The van der Waals surface area contributed by atoms with Gasteiger partial charge in [-0.05, 0) is 37.0 Å². The second kappa shape index (κ2) is 5.69. The number of hydrogen-bond donors (Lipinski definition) is 1. The zero-order valence-corrected chi connectivity index (χ0v) is 11.1. The maximum Gasteiger partial charge on any atom is 0.225 e. The highest BCUT2D eigenvalue weighted by atomic mass is 16.1. The molecule has 1 amide bonds. The highest BCUT2D eigenvalue weighted by Gasteiger charge is 2.14. The van der Waals surface area contributed by atoms with E-state index >= 15 is 0 Å². The summed E-state index contributed by atoms with van der Waals surface area (Å²) in [5.74, 6) is 1.15. The maximum atomic E-state index is 11.9. The second-order valence-corrected chi connectivity index (χ2v) is 4.87. The Morgan fingerprint density at radius 2 is 2.40 bits per heavy atom. The SMILES string of the molecule is O=C(CC1C=CCC1)Nc1ccc(-n2cccn2)nc1. The molecule has 0 aromatic carbocycles. The predicted octanol–water partition coefficient (Wildman–Crippen LogP) is 2.56. The Balaban J connectivity index is 1.60. The van der Waals surface area contributed by atoms with Gasteiger partial charge in [-0.15, -0.1) is 0 Å². The lowest BCUT2D eigenvalue weighted by molar-refractivity contribution is -0.116. The van der Waals surface area contributed by atoms with E-state index in [1.807, 2.05) is 24.4 Å². The van der Waals surface area contributed by atoms with Gasteiger partial charge >= 0.3 is 0 Å². The number of nitrogens with one attached hydrogen (secondary N) is 1. The molecule has 0 radical (unpaired) electrons. The van der Waals surface area contributed by atoms with Crippen LogP contribution in [0.4, 0.5) is 5.69 Å². The van der Waals surface area contributed by atoms with Crippen molar-refractivity contribution in [1.82, 2.24) is 14.8 Å². The summed E-state index contributed by atoms with van der Waals surface area (Å²) in [6.07, 6.45) is 12.1. The Morgan fingerprint density at radius 1 is 1.45 bits per heavy atom. The van der Waals surface area contributed by atoms with Crippen LogP contribution in [0.3, 0.4) is 0 Å². The summed E-state index contributed by atoms with van der Waals surface area (Å²) in [5, 5.41) is 6.98. The smallest absolute Gasteiger partial charge is 0.225 e. The van der Waals surface area contributed by atoms with Crippen LogP contribution in [0.5, 0.6) is 0 Å². The number of pyridine rings is 1. The molecule has 102 valence electrons. The van der Waals surface area contributed by atoms with Gasteiger partial charge in [-0.3, -0.25) is 4.79 Å². The molecule has 5 heteroatoms. The fourth-order valence-electron chi connectivity index (χ4n) is 2.32. The number of hydrogen-bond acceptors (Lipinski definition) is 3. The van der Waals surface area contributed by atoms with Crippen LogP contribution in [-0.2, 0) is 4.79 Å². The molecule has 3 rings (SSSR count). The third-order valence-electron chi connectivity index (χ3n) is 3.33. The molecule has 20 heavy (non-hydrogen) atoms. The fraction of sp³-hybridized carbons (Fsp3) is 0.267. The molecule has 5 nitrogen and oxygen atoms in total. The van der Waals surface area contributed by atoms with Gasteiger partial charge in [0, 0.05) is 18.8 Å². The number of amides is 1. The number of anilines is 1. The van der Waals surface area contributed by atoms with Crippen LogP contribution in [-0.4, -0.2) is 20.7 Å². The molecule has 0 fully saturated rings. The van der Waals surface area contributed by atoms with Gasteiger partial charge in [0.2, 0.25) is 5.91 Å². The highest BCUT2D eigenvalue weighted by molar-refractivity contribution is 5.90. The van der Waals surface area contributed by atoms with E-state index in [1.165, 1.54) is 0 Å². The largest absolute Gasteiger partial charge is 0.325 e. The first kappa shape index (κ1) is 12.6. The van der Waals surface area contributed by atoms with Crippen molar-refractivity contribution in [2.75, 3.05) is 5.32 Å². The minimum atomic E-state index is 0.0372. The van der Waals surface area contributed by atoms with Crippen molar-refractivity contribution in [3.05, 3.63) is 48.9 Å². The molecule has 0 aliphatic heterocycles. The molecule has 0 bridgehead atoms. The Bertz CT molecular complexity index is 601.